The standard InChI is InChI=1S/C25H45N7O8/c1-14(2)11-16(27)22(36)30-17(7-4-5-9-26)24(38)32-10-6-8-18(32)23(37)29-12-19(34)28-13-20(35)31-21(15(3)33)25(39)40/h14-18,21,33H,4-13,26-27H2,1-3H3,(H,28,34)(H,29,37)(H,30,36)(H,31,35)(H,39,40). The number of aliphatic hydroxyl groups excluding tert-OH is 1. The second kappa shape index (κ2) is 17.4. The maximum atomic E-state index is 13.4. The van der Waals surface area contributed by atoms with Gasteiger partial charge in [0.25, 0.3) is 0 Å². The van der Waals surface area contributed by atoms with E-state index in [4.69, 9.17) is 16.6 Å². The van der Waals surface area contributed by atoms with Gasteiger partial charge in [-0.05, 0) is 57.9 Å². The molecule has 0 saturated carbocycles. The van der Waals surface area contributed by atoms with Crippen LogP contribution in [0.15, 0.2) is 0 Å². The normalized spacial score (nSPS) is 17.9. The van der Waals surface area contributed by atoms with Crippen molar-refractivity contribution in [1.82, 2.24) is 26.2 Å². The van der Waals surface area contributed by atoms with Gasteiger partial charge in [0.15, 0.2) is 6.04 Å². The maximum absolute atomic E-state index is 13.4. The smallest absolute Gasteiger partial charge is 0.328 e. The molecule has 1 fully saturated rings. The highest BCUT2D eigenvalue weighted by Gasteiger charge is 2.38. The number of nitrogens with zero attached hydrogens (tertiary/aromatic N) is 1. The molecular weight excluding hydrogens is 526 g/mol. The van der Waals surface area contributed by atoms with Gasteiger partial charge >= 0.3 is 5.97 Å². The number of carbonyl (C=O) groups is 6. The molecule has 0 radical (unpaired) electrons. The van der Waals surface area contributed by atoms with Crippen LogP contribution in [0.2, 0.25) is 0 Å². The number of carboxylic acid groups (broad SMARTS) is 1. The van der Waals surface area contributed by atoms with Crippen LogP contribution in [0.25, 0.3) is 0 Å². The lowest BCUT2D eigenvalue weighted by molar-refractivity contribution is -0.144. The quantitative estimate of drug-likeness (QED) is 0.0830. The number of amides is 5. The van der Waals surface area contributed by atoms with Crippen LogP contribution in [0.1, 0.15) is 59.3 Å². The van der Waals surface area contributed by atoms with Gasteiger partial charge in [0.1, 0.15) is 12.1 Å². The molecule has 5 unspecified atom stereocenters. The van der Waals surface area contributed by atoms with E-state index in [1.54, 1.807) is 0 Å². The zero-order valence-electron chi connectivity index (χ0n) is 23.5. The molecule has 15 heteroatoms. The van der Waals surface area contributed by atoms with Gasteiger partial charge in [-0.3, -0.25) is 24.0 Å². The third kappa shape index (κ3) is 11.8. The highest BCUT2D eigenvalue weighted by molar-refractivity contribution is 5.95. The topological polar surface area (TPSA) is 246 Å². The molecule has 0 spiro atoms. The first-order chi connectivity index (χ1) is 18.8. The predicted molar refractivity (Wildman–Crippen MR) is 144 cm³/mol. The van der Waals surface area contributed by atoms with Crippen molar-refractivity contribution in [3.05, 3.63) is 0 Å². The Morgan fingerprint density at radius 2 is 1.62 bits per heavy atom. The highest BCUT2D eigenvalue weighted by Crippen LogP contribution is 2.20. The number of hydrogen-bond acceptors (Lipinski definition) is 9. The third-order valence-corrected chi connectivity index (χ3v) is 6.40. The summed E-state index contributed by atoms with van der Waals surface area (Å²) in [7, 11) is 0. The molecule has 1 aliphatic rings. The first-order valence-corrected chi connectivity index (χ1v) is 13.6. The van der Waals surface area contributed by atoms with Crippen LogP contribution in [-0.2, 0) is 28.8 Å². The minimum Gasteiger partial charge on any atom is -0.480 e. The summed E-state index contributed by atoms with van der Waals surface area (Å²) in [5.41, 5.74) is 11.6. The maximum Gasteiger partial charge on any atom is 0.328 e. The molecule has 228 valence electrons. The van der Waals surface area contributed by atoms with Gasteiger partial charge in [0, 0.05) is 6.54 Å². The molecule has 1 aliphatic heterocycles. The summed E-state index contributed by atoms with van der Waals surface area (Å²) in [6.07, 6.45) is 1.62. The van der Waals surface area contributed by atoms with Crippen molar-refractivity contribution in [3.63, 3.8) is 0 Å². The molecule has 40 heavy (non-hydrogen) atoms. The lowest BCUT2D eigenvalue weighted by Gasteiger charge is -2.29. The second-order valence-electron chi connectivity index (χ2n) is 10.4. The molecule has 10 N–H and O–H groups in total. The SMILES string of the molecule is CC(C)CC(N)C(=O)NC(CCCCN)C(=O)N1CCCC1C(=O)NCC(=O)NCC(=O)NC(C(=O)O)C(C)O. The van der Waals surface area contributed by atoms with E-state index in [2.05, 4.69) is 21.3 Å². The van der Waals surface area contributed by atoms with Crippen molar-refractivity contribution >= 4 is 35.5 Å². The van der Waals surface area contributed by atoms with E-state index < -0.39 is 78.9 Å². The van der Waals surface area contributed by atoms with Crippen LogP contribution >= 0.6 is 0 Å². The van der Waals surface area contributed by atoms with Gasteiger partial charge in [0.05, 0.1) is 25.2 Å². The van der Waals surface area contributed by atoms with Crippen LogP contribution in [0.4, 0.5) is 0 Å². The van der Waals surface area contributed by atoms with Crippen molar-refractivity contribution in [2.45, 2.75) is 89.6 Å². The van der Waals surface area contributed by atoms with Crippen LogP contribution in [-0.4, -0.2) is 107 Å². The van der Waals surface area contributed by atoms with E-state index in [1.807, 2.05) is 13.8 Å². The second-order valence-corrected chi connectivity index (χ2v) is 10.4. The van der Waals surface area contributed by atoms with Crippen molar-refractivity contribution in [3.8, 4) is 0 Å². The molecule has 0 aromatic heterocycles. The van der Waals surface area contributed by atoms with Crippen molar-refractivity contribution in [2.24, 2.45) is 17.4 Å². The lowest BCUT2D eigenvalue weighted by atomic mass is 10.0. The van der Waals surface area contributed by atoms with Gasteiger partial charge in [-0.1, -0.05) is 13.8 Å². The van der Waals surface area contributed by atoms with E-state index in [-0.39, 0.29) is 5.92 Å². The van der Waals surface area contributed by atoms with Crippen molar-refractivity contribution < 1.29 is 39.0 Å². The number of hydrogen-bond donors (Lipinski definition) is 8. The van der Waals surface area contributed by atoms with E-state index in [0.717, 1.165) is 0 Å². The average molecular weight is 572 g/mol. The third-order valence-electron chi connectivity index (χ3n) is 6.40. The number of nitrogens with two attached hydrogens (primary N) is 2. The molecule has 1 heterocycles. The molecule has 5 amide bonds. The Labute approximate surface area is 234 Å². The van der Waals surface area contributed by atoms with E-state index in [1.165, 1.54) is 11.8 Å². The number of likely N-dealkylation sites (tertiary alicyclic amines) is 1. The highest BCUT2D eigenvalue weighted by atomic mass is 16.4. The molecule has 0 aliphatic carbocycles. The predicted octanol–water partition coefficient (Wildman–Crippen LogP) is -2.85. The zero-order chi connectivity index (χ0) is 30.4. The minimum absolute atomic E-state index is 0.191. The Morgan fingerprint density at radius 3 is 2.20 bits per heavy atom. The summed E-state index contributed by atoms with van der Waals surface area (Å²) in [6.45, 7) is 4.76. The molecule has 0 bridgehead atoms. The summed E-state index contributed by atoms with van der Waals surface area (Å²) in [4.78, 5) is 75.4. The van der Waals surface area contributed by atoms with E-state index in [9.17, 15) is 33.9 Å². The Balaban J connectivity index is 2.71. The summed E-state index contributed by atoms with van der Waals surface area (Å²) >= 11 is 0. The number of nitrogens with one attached hydrogen (secondary N) is 4. The number of carboxylic acids is 1. The number of aliphatic hydroxyl groups is 1. The van der Waals surface area contributed by atoms with Crippen LogP contribution in [0.3, 0.4) is 0 Å². The van der Waals surface area contributed by atoms with Gasteiger partial charge in [-0.25, -0.2) is 4.79 Å². The van der Waals surface area contributed by atoms with Gasteiger partial charge in [-0.15, -0.1) is 0 Å². The molecule has 0 aromatic rings. The summed E-state index contributed by atoms with van der Waals surface area (Å²) in [5.74, 6) is -4.20. The first-order valence-electron chi connectivity index (χ1n) is 13.6. The Kier molecular flexibility index (Phi) is 15.1. The minimum atomic E-state index is -1.54. The molecule has 5 atom stereocenters. The monoisotopic (exact) mass is 571 g/mol. The molecule has 0 aromatic carbocycles. The molecular formula is C25H45N7O8. The first kappa shape index (κ1) is 34.7. The zero-order valence-corrected chi connectivity index (χ0v) is 23.5. The lowest BCUT2D eigenvalue weighted by Crippen LogP contribution is -2.56. The van der Waals surface area contributed by atoms with Gasteiger partial charge in [0.2, 0.25) is 29.5 Å². The average Bonchev–Trinajstić information content (AvgIpc) is 3.37. The van der Waals surface area contributed by atoms with Crippen molar-refractivity contribution in [2.75, 3.05) is 26.2 Å². The number of aliphatic carboxylic acids is 1. The van der Waals surface area contributed by atoms with Gasteiger partial charge < -0.3 is 47.8 Å². The Bertz CT molecular complexity index is 898. The summed E-state index contributed by atoms with van der Waals surface area (Å²) in [6, 6.07) is -4.03. The van der Waals surface area contributed by atoms with E-state index in [0.29, 0.717) is 51.6 Å². The number of unbranched alkanes of at least 4 members (excludes halogenated alkanes) is 1. The van der Waals surface area contributed by atoms with Gasteiger partial charge in [-0.2, -0.15) is 0 Å². The number of carbonyl (C=O) groups excluding carboxylic acids is 5. The van der Waals surface area contributed by atoms with Crippen LogP contribution in [0.5, 0.6) is 0 Å². The molecule has 15 nitrogen and oxygen atoms in total. The summed E-state index contributed by atoms with van der Waals surface area (Å²) < 4.78 is 0. The van der Waals surface area contributed by atoms with Crippen molar-refractivity contribution in [1.29, 1.82) is 0 Å². The summed E-state index contributed by atoms with van der Waals surface area (Å²) in [5, 5.41) is 27.9. The fraction of sp³-hybridized carbons (Fsp3) is 0.760. The Morgan fingerprint density at radius 1 is 0.975 bits per heavy atom. The van der Waals surface area contributed by atoms with Crippen LogP contribution < -0.4 is 32.7 Å². The Hall–Kier alpha value is -3.30. The molecule has 1 rings (SSSR count). The fourth-order valence-corrected chi connectivity index (χ4v) is 4.29. The fourth-order valence-electron chi connectivity index (χ4n) is 4.29. The van der Waals surface area contributed by atoms with Crippen LogP contribution in [0, 0.1) is 5.92 Å². The largest absolute Gasteiger partial charge is 0.480 e. The van der Waals surface area contributed by atoms with E-state index >= 15 is 0 Å². The number of rotatable bonds is 17. The molecule has 1 saturated heterocycles.